The Bertz CT molecular complexity index is 358. The summed E-state index contributed by atoms with van der Waals surface area (Å²) >= 11 is 0. The summed E-state index contributed by atoms with van der Waals surface area (Å²) in [6.45, 7) is 4.35. The van der Waals surface area contributed by atoms with Crippen LogP contribution < -0.4 is 0 Å². The van der Waals surface area contributed by atoms with Gasteiger partial charge in [-0.05, 0) is 36.3 Å². The lowest BCUT2D eigenvalue weighted by Crippen LogP contribution is -2.37. The van der Waals surface area contributed by atoms with Gasteiger partial charge in [0, 0.05) is 0 Å². The molecule has 16 heavy (non-hydrogen) atoms. The van der Waals surface area contributed by atoms with E-state index in [1.807, 2.05) is 6.07 Å². The maximum atomic E-state index is 10.9. The molecule has 1 aliphatic carbocycles. The average Bonchev–Trinajstić information content (AvgIpc) is 2.33. The molecule has 0 bridgehead atoms. The summed E-state index contributed by atoms with van der Waals surface area (Å²) in [4.78, 5) is 0. The highest BCUT2D eigenvalue weighted by Crippen LogP contribution is 2.42. The molecule has 0 saturated heterocycles. The predicted molar refractivity (Wildman–Crippen MR) is 67.3 cm³/mol. The van der Waals surface area contributed by atoms with E-state index in [1.165, 1.54) is 17.5 Å². The first-order valence-corrected chi connectivity index (χ1v) is 6.49. The van der Waals surface area contributed by atoms with Gasteiger partial charge in [0.05, 0.1) is 5.60 Å². The molecular weight excluding hydrogens is 196 g/mol. The zero-order valence-electron chi connectivity index (χ0n) is 10.4. The first-order valence-electron chi connectivity index (χ1n) is 6.49. The first-order chi connectivity index (χ1) is 7.68. The molecule has 1 saturated carbocycles. The maximum absolute atomic E-state index is 10.9. The zero-order chi connectivity index (χ0) is 11.6. The van der Waals surface area contributed by atoms with E-state index in [1.54, 1.807) is 0 Å². The van der Waals surface area contributed by atoms with Crippen molar-refractivity contribution in [3.05, 3.63) is 35.4 Å². The Morgan fingerprint density at radius 1 is 1.31 bits per heavy atom. The van der Waals surface area contributed by atoms with Gasteiger partial charge in [0.2, 0.25) is 0 Å². The largest absolute Gasteiger partial charge is 0.385 e. The van der Waals surface area contributed by atoms with Crippen LogP contribution in [0.3, 0.4) is 0 Å². The molecule has 2 atom stereocenters. The number of hydrogen-bond acceptors (Lipinski definition) is 1. The minimum Gasteiger partial charge on any atom is -0.385 e. The Labute approximate surface area is 98.5 Å². The fourth-order valence-corrected chi connectivity index (χ4v) is 2.98. The van der Waals surface area contributed by atoms with Crippen LogP contribution in [-0.2, 0) is 12.0 Å². The highest BCUT2D eigenvalue weighted by molar-refractivity contribution is 5.33. The molecule has 0 aromatic heterocycles. The van der Waals surface area contributed by atoms with Crippen LogP contribution >= 0.6 is 0 Å². The van der Waals surface area contributed by atoms with Crippen molar-refractivity contribution in [2.45, 2.75) is 51.6 Å². The average molecular weight is 218 g/mol. The van der Waals surface area contributed by atoms with E-state index in [4.69, 9.17) is 0 Å². The second-order valence-electron chi connectivity index (χ2n) is 5.08. The lowest BCUT2D eigenvalue weighted by Gasteiger charge is -2.39. The monoisotopic (exact) mass is 218 g/mol. The number of aliphatic hydroxyl groups is 1. The van der Waals surface area contributed by atoms with Gasteiger partial charge in [-0.25, -0.2) is 0 Å². The Morgan fingerprint density at radius 3 is 2.75 bits per heavy atom. The SMILES string of the molecule is CCc1ccccc1[C@]1(O)CCCC[C@H]1C. The molecule has 1 aromatic rings. The highest BCUT2D eigenvalue weighted by atomic mass is 16.3. The number of rotatable bonds is 2. The molecule has 0 amide bonds. The van der Waals surface area contributed by atoms with Gasteiger partial charge in [0.15, 0.2) is 0 Å². The molecule has 2 rings (SSSR count). The molecule has 0 unspecified atom stereocenters. The molecule has 88 valence electrons. The van der Waals surface area contributed by atoms with Gasteiger partial charge in [-0.1, -0.05) is 51.0 Å². The molecule has 1 heteroatoms. The van der Waals surface area contributed by atoms with E-state index < -0.39 is 5.60 Å². The van der Waals surface area contributed by atoms with Crippen LogP contribution in [-0.4, -0.2) is 5.11 Å². The van der Waals surface area contributed by atoms with Crippen molar-refractivity contribution in [3.63, 3.8) is 0 Å². The summed E-state index contributed by atoms with van der Waals surface area (Å²) in [5.74, 6) is 0.383. The molecule has 1 fully saturated rings. The van der Waals surface area contributed by atoms with E-state index in [0.29, 0.717) is 5.92 Å². The molecule has 1 N–H and O–H groups in total. The summed E-state index contributed by atoms with van der Waals surface area (Å²) in [5, 5.41) is 10.9. The van der Waals surface area contributed by atoms with Crippen LogP contribution in [0.4, 0.5) is 0 Å². The third-order valence-electron chi connectivity index (χ3n) is 4.12. The Balaban J connectivity index is 2.40. The van der Waals surface area contributed by atoms with Crippen LogP contribution in [0.15, 0.2) is 24.3 Å². The molecule has 0 spiro atoms. The van der Waals surface area contributed by atoms with Crippen LogP contribution in [0, 0.1) is 5.92 Å². The summed E-state index contributed by atoms with van der Waals surface area (Å²) in [7, 11) is 0. The van der Waals surface area contributed by atoms with Gasteiger partial charge in [-0.3, -0.25) is 0 Å². The normalized spacial score (nSPS) is 30.3. The smallest absolute Gasteiger partial charge is 0.0924 e. The maximum Gasteiger partial charge on any atom is 0.0924 e. The summed E-state index contributed by atoms with van der Waals surface area (Å²) < 4.78 is 0. The lowest BCUT2D eigenvalue weighted by molar-refractivity contribution is -0.0476. The lowest BCUT2D eigenvalue weighted by atomic mass is 9.71. The quantitative estimate of drug-likeness (QED) is 0.803. The van der Waals surface area contributed by atoms with E-state index in [-0.39, 0.29) is 0 Å². The van der Waals surface area contributed by atoms with E-state index in [0.717, 1.165) is 25.7 Å². The molecular formula is C15H22O. The molecule has 0 radical (unpaired) electrons. The van der Waals surface area contributed by atoms with Gasteiger partial charge in [-0.2, -0.15) is 0 Å². The Kier molecular flexibility index (Phi) is 3.34. The summed E-state index contributed by atoms with van der Waals surface area (Å²) in [6, 6.07) is 8.38. The third-order valence-corrected chi connectivity index (χ3v) is 4.12. The van der Waals surface area contributed by atoms with E-state index in [2.05, 4.69) is 32.0 Å². The molecule has 1 aliphatic rings. The standard InChI is InChI=1S/C15H22O/c1-3-13-9-4-5-10-14(13)15(16)11-7-6-8-12(15)2/h4-5,9-10,12,16H,3,6-8,11H2,1-2H3/t12-,15+/m1/s1. The minimum atomic E-state index is -0.579. The first kappa shape index (κ1) is 11.7. The van der Waals surface area contributed by atoms with Crippen molar-refractivity contribution in [1.82, 2.24) is 0 Å². The van der Waals surface area contributed by atoms with Crippen molar-refractivity contribution in [3.8, 4) is 0 Å². The summed E-state index contributed by atoms with van der Waals surface area (Å²) in [5.41, 5.74) is 1.90. The molecule has 1 aromatic carbocycles. The Morgan fingerprint density at radius 2 is 2.06 bits per heavy atom. The highest BCUT2D eigenvalue weighted by Gasteiger charge is 2.38. The molecule has 0 aliphatic heterocycles. The van der Waals surface area contributed by atoms with Crippen molar-refractivity contribution in [2.24, 2.45) is 5.92 Å². The van der Waals surface area contributed by atoms with Crippen molar-refractivity contribution < 1.29 is 5.11 Å². The van der Waals surface area contributed by atoms with Crippen LogP contribution in [0.5, 0.6) is 0 Å². The number of aryl methyl sites for hydroxylation is 1. The van der Waals surface area contributed by atoms with Crippen molar-refractivity contribution in [1.29, 1.82) is 0 Å². The van der Waals surface area contributed by atoms with Crippen LogP contribution in [0.2, 0.25) is 0 Å². The topological polar surface area (TPSA) is 20.2 Å². The fraction of sp³-hybridized carbons (Fsp3) is 0.600. The van der Waals surface area contributed by atoms with Crippen LogP contribution in [0.25, 0.3) is 0 Å². The number of benzene rings is 1. The van der Waals surface area contributed by atoms with Gasteiger partial charge in [-0.15, -0.1) is 0 Å². The van der Waals surface area contributed by atoms with Crippen molar-refractivity contribution >= 4 is 0 Å². The second-order valence-corrected chi connectivity index (χ2v) is 5.08. The van der Waals surface area contributed by atoms with Gasteiger partial charge >= 0.3 is 0 Å². The van der Waals surface area contributed by atoms with Gasteiger partial charge in [0.1, 0.15) is 0 Å². The van der Waals surface area contributed by atoms with E-state index in [9.17, 15) is 5.11 Å². The van der Waals surface area contributed by atoms with E-state index >= 15 is 0 Å². The number of hydrogen-bond donors (Lipinski definition) is 1. The summed E-state index contributed by atoms with van der Waals surface area (Å²) in [6.07, 6.45) is 5.49. The van der Waals surface area contributed by atoms with Gasteiger partial charge in [0.25, 0.3) is 0 Å². The second kappa shape index (κ2) is 4.58. The van der Waals surface area contributed by atoms with Gasteiger partial charge < -0.3 is 5.11 Å². The van der Waals surface area contributed by atoms with Crippen LogP contribution in [0.1, 0.15) is 50.7 Å². The predicted octanol–water partition coefficient (Wildman–Crippen LogP) is 3.65. The van der Waals surface area contributed by atoms with Crippen molar-refractivity contribution in [2.75, 3.05) is 0 Å². The minimum absolute atomic E-state index is 0.383. The molecule has 0 heterocycles. The fourth-order valence-electron chi connectivity index (χ4n) is 2.98. The molecule has 1 nitrogen and oxygen atoms in total. The third kappa shape index (κ3) is 1.89. The Hall–Kier alpha value is -0.820. The zero-order valence-corrected chi connectivity index (χ0v) is 10.4.